The first kappa shape index (κ1) is 17.3. The van der Waals surface area contributed by atoms with Crippen molar-refractivity contribution in [1.82, 2.24) is 4.90 Å². The van der Waals surface area contributed by atoms with Gasteiger partial charge in [-0.05, 0) is 45.0 Å². The van der Waals surface area contributed by atoms with Crippen LogP contribution in [0.4, 0.5) is 0 Å². The minimum absolute atomic E-state index is 0.160. The van der Waals surface area contributed by atoms with E-state index in [-0.39, 0.29) is 12.5 Å². The molecule has 0 radical (unpaired) electrons. The number of aliphatic carboxylic acids is 1. The van der Waals surface area contributed by atoms with Crippen LogP contribution in [0.25, 0.3) is 0 Å². The van der Waals surface area contributed by atoms with Gasteiger partial charge in [0, 0.05) is 12.6 Å². The Morgan fingerprint density at radius 3 is 2.67 bits per heavy atom. The van der Waals surface area contributed by atoms with E-state index >= 15 is 0 Å². The lowest BCUT2D eigenvalue weighted by Gasteiger charge is -2.24. The quantitative estimate of drug-likeness (QED) is 0.758. The van der Waals surface area contributed by atoms with E-state index in [1.807, 2.05) is 32.2 Å². The highest BCUT2D eigenvalue weighted by Gasteiger charge is 2.13. The molecule has 21 heavy (non-hydrogen) atoms. The third-order valence-electron chi connectivity index (χ3n) is 3.49. The van der Waals surface area contributed by atoms with Crippen LogP contribution >= 0.6 is 0 Å². The molecule has 0 amide bonds. The van der Waals surface area contributed by atoms with Crippen LogP contribution < -0.4 is 9.47 Å². The van der Waals surface area contributed by atoms with Crippen LogP contribution in [-0.2, 0) is 11.2 Å². The number of rotatable bonds is 9. The molecule has 118 valence electrons. The second-order valence-corrected chi connectivity index (χ2v) is 5.10. The number of hydrogen-bond acceptors (Lipinski definition) is 4. The molecule has 0 bridgehead atoms. The number of carboxylic acids is 1. The molecule has 1 rings (SSSR count). The van der Waals surface area contributed by atoms with Gasteiger partial charge < -0.3 is 19.5 Å². The molecule has 0 aliphatic heterocycles. The fraction of sp³-hybridized carbons (Fsp3) is 0.562. The highest BCUT2D eigenvalue weighted by Crippen LogP contribution is 2.28. The van der Waals surface area contributed by atoms with Crippen molar-refractivity contribution in [2.75, 3.05) is 27.3 Å². The Hall–Kier alpha value is -1.75. The van der Waals surface area contributed by atoms with Crippen molar-refractivity contribution in [3.05, 3.63) is 23.8 Å². The van der Waals surface area contributed by atoms with E-state index in [0.717, 1.165) is 23.5 Å². The lowest BCUT2D eigenvalue weighted by atomic mass is 10.1. The molecule has 1 aromatic rings. The van der Waals surface area contributed by atoms with E-state index in [1.54, 1.807) is 7.11 Å². The van der Waals surface area contributed by atoms with Gasteiger partial charge in [0.15, 0.2) is 11.5 Å². The van der Waals surface area contributed by atoms with Gasteiger partial charge in [-0.3, -0.25) is 4.79 Å². The molecule has 0 fully saturated rings. The molecule has 0 heterocycles. The Labute approximate surface area is 126 Å². The molecule has 0 aromatic heterocycles. The van der Waals surface area contributed by atoms with Crippen LogP contribution in [0.15, 0.2) is 18.2 Å². The van der Waals surface area contributed by atoms with Crippen LogP contribution in [0.2, 0.25) is 0 Å². The molecule has 0 aliphatic rings. The summed E-state index contributed by atoms with van der Waals surface area (Å²) in [5.74, 6) is 0.710. The molecule has 1 atom stereocenters. The number of carboxylic acid groups (broad SMARTS) is 1. The number of methoxy groups -OCH3 is 1. The van der Waals surface area contributed by atoms with Gasteiger partial charge in [0.1, 0.15) is 0 Å². The number of hydrogen-bond donors (Lipinski definition) is 1. The van der Waals surface area contributed by atoms with Crippen molar-refractivity contribution in [2.24, 2.45) is 0 Å². The van der Waals surface area contributed by atoms with E-state index in [9.17, 15) is 4.79 Å². The fourth-order valence-corrected chi connectivity index (χ4v) is 2.10. The predicted octanol–water partition coefficient (Wildman–Crippen LogP) is 2.43. The second-order valence-electron chi connectivity index (χ2n) is 5.10. The molecule has 5 heteroatoms. The minimum atomic E-state index is -0.767. The van der Waals surface area contributed by atoms with Crippen LogP contribution in [0.5, 0.6) is 11.5 Å². The number of benzene rings is 1. The smallest absolute Gasteiger partial charge is 0.304 e. The first-order valence-corrected chi connectivity index (χ1v) is 7.19. The molecule has 5 nitrogen and oxygen atoms in total. The summed E-state index contributed by atoms with van der Waals surface area (Å²) in [4.78, 5) is 12.7. The highest BCUT2D eigenvalue weighted by atomic mass is 16.5. The van der Waals surface area contributed by atoms with Crippen molar-refractivity contribution >= 4 is 5.97 Å². The van der Waals surface area contributed by atoms with Gasteiger partial charge in [-0.2, -0.15) is 0 Å². The molecule has 0 spiro atoms. The number of ether oxygens (including phenoxy) is 2. The number of carbonyl (C=O) groups is 1. The lowest BCUT2D eigenvalue weighted by Crippen LogP contribution is -2.32. The molecular formula is C16H25NO4. The van der Waals surface area contributed by atoms with Gasteiger partial charge in [-0.25, -0.2) is 0 Å². The van der Waals surface area contributed by atoms with Crippen LogP contribution in [0, 0.1) is 0 Å². The SMILES string of the molecule is CCOc1ccc(CC(C)N(C)CCC(=O)O)cc1OC. The maximum atomic E-state index is 10.6. The summed E-state index contributed by atoms with van der Waals surface area (Å²) in [6.45, 7) is 5.17. The summed E-state index contributed by atoms with van der Waals surface area (Å²) < 4.78 is 10.8. The van der Waals surface area contributed by atoms with E-state index in [4.69, 9.17) is 14.6 Å². The summed E-state index contributed by atoms with van der Waals surface area (Å²) in [6.07, 6.45) is 0.992. The van der Waals surface area contributed by atoms with E-state index in [1.165, 1.54) is 0 Å². The van der Waals surface area contributed by atoms with E-state index < -0.39 is 5.97 Å². The zero-order valence-corrected chi connectivity index (χ0v) is 13.3. The van der Waals surface area contributed by atoms with E-state index in [2.05, 4.69) is 11.8 Å². The predicted molar refractivity (Wildman–Crippen MR) is 82.2 cm³/mol. The average molecular weight is 295 g/mol. The van der Waals surface area contributed by atoms with Crippen LogP contribution in [-0.4, -0.2) is 49.3 Å². The molecular weight excluding hydrogens is 270 g/mol. The third-order valence-corrected chi connectivity index (χ3v) is 3.49. The normalized spacial score (nSPS) is 12.2. The van der Waals surface area contributed by atoms with Crippen molar-refractivity contribution < 1.29 is 19.4 Å². The van der Waals surface area contributed by atoms with Crippen LogP contribution in [0.1, 0.15) is 25.8 Å². The Bertz CT molecular complexity index is 462. The standard InChI is InChI=1S/C16H25NO4/c1-5-21-14-7-6-13(11-15(14)20-4)10-12(2)17(3)9-8-16(18)19/h6-7,11-12H,5,8-10H2,1-4H3,(H,18,19). The lowest BCUT2D eigenvalue weighted by molar-refractivity contribution is -0.137. The Balaban J connectivity index is 2.67. The molecule has 0 saturated carbocycles. The Morgan fingerprint density at radius 2 is 2.10 bits per heavy atom. The first-order valence-electron chi connectivity index (χ1n) is 7.19. The van der Waals surface area contributed by atoms with Crippen molar-refractivity contribution in [3.63, 3.8) is 0 Å². The second kappa shape index (κ2) is 8.52. The summed E-state index contributed by atoms with van der Waals surface area (Å²) >= 11 is 0. The third kappa shape index (κ3) is 5.63. The van der Waals surface area contributed by atoms with Gasteiger partial charge >= 0.3 is 5.97 Å². The van der Waals surface area contributed by atoms with Gasteiger partial charge in [0.05, 0.1) is 20.1 Å². The fourth-order valence-electron chi connectivity index (χ4n) is 2.10. The number of nitrogens with zero attached hydrogens (tertiary/aromatic N) is 1. The first-order chi connectivity index (χ1) is 9.97. The van der Waals surface area contributed by atoms with Gasteiger partial charge in [-0.1, -0.05) is 6.07 Å². The van der Waals surface area contributed by atoms with Crippen LogP contribution in [0.3, 0.4) is 0 Å². The Kier molecular flexibility index (Phi) is 7.02. The highest BCUT2D eigenvalue weighted by molar-refractivity contribution is 5.66. The zero-order chi connectivity index (χ0) is 15.8. The molecule has 0 aliphatic carbocycles. The van der Waals surface area contributed by atoms with E-state index in [0.29, 0.717) is 13.2 Å². The molecule has 1 N–H and O–H groups in total. The maximum absolute atomic E-state index is 10.6. The minimum Gasteiger partial charge on any atom is -0.493 e. The summed E-state index contributed by atoms with van der Waals surface area (Å²) in [7, 11) is 3.57. The van der Waals surface area contributed by atoms with Gasteiger partial charge in [0.2, 0.25) is 0 Å². The topological polar surface area (TPSA) is 59.0 Å². The van der Waals surface area contributed by atoms with Crippen molar-refractivity contribution in [2.45, 2.75) is 32.7 Å². The summed E-state index contributed by atoms with van der Waals surface area (Å²) in [5, 5.41) is 8.73. The monoisotopic (exact) mass is 295 g/mol. The summed E-state index contributed by atoms with van der Waals surface area (Å²) in [6, 6.07) is 6.18. The van der Waals surface area contributed by atoms with Crippen molar-refractivity contribution in [1.29, 1.82) is 0 Å². The zero-order valence-electron chi connectivity index (χ0n) is 13.3. The van der Waals surface area contributed by atoms with Gasteiger partial charge in [0.25, 0.3) is 0 Å². The molecule has 1 aromatic carbocycles. The molecule has 0 saturated heterocycles. The largest absolute Gasteiger partial charge is 0.493 e. The summed E-state index contributed by atoms with van der Waals surface area (Å²) in [5.41, 5.74) is 1.14. The van der Waals surface area contributed by atoms with Crippen molar-refractivity contribution in [3.8, 4) is 11.5 Å². The molecule has 1 unspecified atom stereocenters. The average Bonchev–Trinajstić information content (AvgIpc) is 2.46. The van der Waals surface area contributed by atoms with Gasteiger partial charge in [-0.15, -0.1) is 0 Å². The maximum Gasteiger partial charge on any atom is 0.304 e. The number of likely N-dealkylation sites (N-methyl/N-ethyl adjacent to an activating group) is 1. The Morgan fingerprint density at radius 1 is 1.38 bits per heavy atom.